The molecule has 0 radical (unpaired) electrons. The van der Waals surface area contributed by atoms with Crippen molar-refractivity contribution >= 4 is 11.9 Å². The van der Waals surface area contributed by atoms with Gasteiger partial charge < -0.3 is 10.0 Å². The van der Waals surface area contributed by atoms with Crippen LogP contribution in [0.15, 0.2) is 37.0 Å². The second-order valence-corrected chi connectivity index (χ2v) is 3.64. The predicted octanol–water partition coefficient (Wildman–Crippen LogP) is 1.22. The Morgan fingerprint density at radius 3 is 2.50 bits per heavy atom. The SMILES string of the molecule is C=C/C=C(\C=C)C(=O)N1CCC(C(=O)O)C1. The number of hydrogen-bond acceptors (Lipinski definition) is 2. The minimum Gasteiger partial charge on any atom is -0.481 e. The van der Waals surface area contributed by atoms with Gasteiger partial charge in [0.25, 0.3) is 5.91 Å². The lowest BCUT2D eigenvalue weighted by atomic mass is 10.1. The number of amides is 1. The topological polar surface area (TPSA) is 57.6 Å². The smallest absolute Gasteiger partial charge is 0.308 e. The second kappa shape index (κ2) is 5.30. The number of nitrogens with zero attached hydrogens (tertiary/aromatic N) is 1. The molecule has 1 heterocycles. The van der Waals surface area contributed by atoms with E-state index in [2.05, 4.69) is 13.2 Å². The molecule has 0 aliphatic carbocycles. The van der Waals surface area contributed by atoms with E-state index in [1.807, 2.05) is 0 Å². The first kappa shape index (κ1) is 12.2. The molecule has 86 valence electrons. The van der Waals surface area contributed by atoms with E-state index < -0.39 is 11.9 Å². The maximum Gasteiger partial charge on any atom is 0.308 e. The van der Waals surface area contributed by atoms with Gasteiger partial charge in [0.2, 0.25) is 0 Å². The molecule has 4 nitrogen and oxygen atoms in total. The maximum absolute atomic E-state index is 11.9. The van der Waals surface area contributed by atoms with Gasteiger partial charge in [0, 0.05) is 18.7 Å². The second-order valence-electron chi connectivity index (χ2n) is 3.64. The lowest BCUT2D eigenvalue weighted by Gasteiger charge is -2.15. The highest BCUT2D eigenvalue weighted by atomic mass is 16.4. The number of rotatable bonds is 4. The Morgan fingerprint density at radius 2 is 2.06 bits per heavy atom. The lowest BCUT2D eigenvalue weighted by molar-refractivity contribution is -0.141. The molecule has 1 unspecified atom stereocenters. The highest BCUT2D eigenvalue weighted by Gasteiger charge is 2.31. The molecule has 0 spiro atoms. The van der Waals surface area contributed by atoms with E-state index in [1.54, 1.807) is 6.08 Å². The highest BCUT2D eigenvalue weighted by molar-refractivity contribution is 5.96. The minimum absolute atomic E-state index is 0.182. The number of likely N-dealkylation sites (tertiary alicyclic amines) is 1. The van der Waals surface area contributed by atoms with E-state index >= 15 is 0 Å². The molecule has 1 N–H and O–H groups in total. The molecule has 1 rings (SSSR count). The van der Waals surface area contributed by atoms with E-state index in [0.717, 1.165) is 0 Å². The Balaban J connectivity index is 2.70. The van der Waals surface area contributed by atoms with Gasteiger partial charge in [-0.25, -0.2) is 0 Å². The summed E-state index contributed by atoms with van der Waals surface area (Å²) in [6.45, 7) is 7.82. The van der Waals surface area contributed by atoms with Crippen molar-refractivity contribution in [3.05, 3.63) is 37.0 Å². The molecule has 1 aliphatic heterocycles. The van der Waals surface area contributed by atoms with Gasteiger partial charge >= 0.3 is 5.97 Å². The van der Waals surface area contributed by atoms with Crippen LogP contribution in [0.3, 0.4) is 0 Å². The van der Waals surface area contributed by atoms with Crippen molar-refractivity contribution in [2.75, 3.05) is 13.1 Å². The van der Waals surface area contributed by atoms with Crippen LogP contribution in [0.4, 0.5) is 0 Å². The molecule has 0 aromatic rings. The van der Waals surface area contributed by atoms with Gasteiger partial charge in [-0.3, -0.25) is 9.59 Å². The fraction of sp³-hybridized carbons (Fsp3) is 0.333. The van der Waals surface area contributed by atoms with E-state index in [9.17, 15) is 9.59 Å². The van der Waals surface area contributed by atoms with Gasteiger partial charge in [-0.1, -0.05) is 31.4 Å². The first-order valence-corrected chi connectivity index (χ1v) is 5.07. The van der Waals surface area contributed by atoms with Crippen molar-refractivity contribution < 1.29 is 14.7 Å². The first-order chi connectivity index (χ1) is 7.60. The normalized spacial score (nSPS) is 20.6. The summed E-state index contributed by atoms with van der Waals surface area (Å²) in [6, 6.07) is 0. The van der Waals surface area contributed by atoms with E-state index in [1.165, 1.54) is 17.1 Å². The summed E-state index contributed by atoms with van der Waals surface area (Å²) in [7, 11) is 0. The number of aliphatic carboxylic acids is 1. The van der Waals surface area contributed by atoms with Crippen molar-refractivity contribution in [2.24, 2.45) is 5.92 Å². The third kappa shape index (κ3) is 2.59. The average Bonchev–Trinajstić information content (AvgIpc) is 2.74. The zero-order chi connectivity index (χ0) is 12.1. The molecule has 1 atom stereocenters. The van der Waals surface area contributed by atoms with Crippen LogP contribution in [-0.4, -0.2) is 35.0 Å². The minimum atomic E-state index is -0.844. The molecule has 4 heteroatoms. The molecule has 1 fully saturated rings. The number of carbonyl (C=O) groups excluding carboxylic acids is 1. The van der Waals surface area contributed by atoms with E-state index in [-0.39, 0.29) is 12.5 Å². The van der Waals surface area contributed by atoms with Gasteiger partial charge in [0.1, 0.15) is 0 Å². The van der Waals surface area contributed by atoms with Crippen LogP contribution < -0.4 is 0 Å². The molecule has 1 amide bonds. The Labute approximate surface area is 94.6 Å². The molecule has 0 aromatic carbocycles. The third-order valence-electron chi connectivity index (χ3n) is 2.59. The van der Waals surface area contributed by atoms with Gasteiger partial charge in [0.15, 0.2) is 0 Å². The summed E-state index contributed by atoms with van der Waals surface area (Å²) in [4.78, 5) is 24.2. The quantitative estimate of drug-likeness (QED) is 0.573. The molecule has 16 heavy (non-hydrogen) atoms. The monoisotopic (exact) mass is 221 g/mol. The van der Waals surface area contributed by atoms with Crippen LogP contribution in [-0.2, 0) is 9.59 Å². The summed E-state index contributed by atoms with van der Waals surface area (Å²) >= 11 is 0. The molecule has 1 aliphatic rings. The highest BCUT2D eigenvalue weighted by Crippen LogP contribution is 2.18. The largest absolute Gasteiger partial charge is 0.481 e. The van der Waals surface area contributed by atoms with Crippen LogP contribution >= 0.6 is 0 Å². The summed E-state index contributed by atoms with van der Waals surface area (Å²) in [5.41, 5.74) is 0.445. The fourth-order valence-electron chi connectivity index (χ4n) is 1.68. The summed E-state index contributed by atoms with van der Waals surface area (Å²) in [6.07, 6.45) is 5.06. The van der Waals surface area contributed by atoms with Crippen molar-refractivity contribution in [3.63, 3.8) is 0 Å². The van der Waals surface area contributed by atoms with Crippen LogP contribution in [0.1, 0.15) is 6.42 Å². The van der Waals surface area contributed by atoms with Gasteiger partial charge in [-0.15, -0.1) is 0 Å². The number of carboxylic acid groups (broad SMARTS) is 1. The van der Waals surface area contributed by atoms with Crippen molar-refractivity contribution in [3.8, 4) is 0 Å². The molecular formula is C12H15NO3. The fourth-order valence-corrected chi connectivity index (χ4v) is 1.68. The standard InChI is InChI=1S/C12H15NO3/c1-3-5-9(4-2)11(14)13-7-6-10(8-13)12(15)16/h3-5,10H,1-2,6-8H2,(H,15,16)/b9-5+. The van der Waals surface area contributed by atoms with E-state index in [0.29, 0.717) is 18.5 Å². The van der Waals surface area contributed by atoms with Gasteiger partial charge in [-0.05, 0) is 6.42 Å². The van der Waals surface area contributed by atoms with Gasteiger partial charge in [-0.2, -0.15) is 0 Å². The maximum atomic E-state index is 11.9. The zero-order valence-corrected chi connectivity index (χ0v) is 9.06. The van der Waals surface area contributed by atoms with Crippen molar-refractivity contribution in [2.45, 2.75) is 6.42 Å². The lowest BCUT2D eigenvalue weighted by Crippen LogP contribution is -2.30. The van der Waals surface area contributed by atoms with Gasteiger partial charge in [0.05, 0.1) is 5.92 Å². The van der Waals surface area contributed by atoms with E-state index in [4.69, 9.17) is 5.11 Å². The Morgan fingerprint density at radius 1 is 1.38 bits per heavy atom. The molecular weight excluding hydrogens is 206 g/mol. The van der Waals surface area contributed by atoms with Crippen molar-refractivity contribution in [1.82, 2.24) is 4.90 Å². The Hall–Kier alpha value is -1.84. The van der Waals surface area contributed by atoms with Crippen LogP contribution in [0, 0.1) is 5.92 Å². The zero-order valence-electron chi connectivity index (χ0n) is 9.06. The molecule has 0 aromatic heterocycles. The molecule has 1 saturated heterocycles. The number of hydrogen-bond donors (Lipinski definition) is 1. The van der Waals surface area contributed by atoms with Crippen LogP contribution in [0.5, 0.6) is 0 Å². The number of carbonyl (C=O) groups is 2. The molecule has 0 bridgehead atoms. The number of carboxylic acids is 1. The summed E-state index contributed by atoms with van der Waals surface area (Å²) < 4.78 is 0. The van der Waals surface area contributed by atoms with Crippen LogP contribution in [0.2, 0.25) is 0 Å². The first-order valence-electron chi connectivity index (χ1n) is 5.07. The summed E-state index contributed by atoms with van der Waals surface area (Å²) in [5.74, 6) is -1.47. The summed E-state index contributed by atoms with van der Waals surface area (Å²) in [5, 5.41) is 8.82. The van der Waals surface area contributed by atoms with Crippen molar-refractivity contribution in [1.29, 1.82) is 0 Å². The average molecular weight is 221 g/mol. The Kier molecular flexibility index (Phi) is 4.05. The third-order valence-corrected chi connectivity index (χ3v) is 2.59. The predicted molar refractivity (Wildman–Crippen MR) is 60.8 cm³/mol. The number of allylic oxidation sites excluding steroid dienone is 2. The van der Waals surface area contributed by atoms with Crippen LogP contribution in [0.25, 0.3) is 0 Å². The Bertz CT molecular complexity index is 357. The molecule has 0 saturated carbocycles.